The predicted molar refractivity (Wildman–Crippen MR) is 107 cm³/mol. The van der Waals surface area contributed by atoms with Gasteiger partial charge in [0.25, 0.3) is 17.7 Å². The van der Waals surface area contributed by atoms with Crippen LogP contribution in [0.1, 0.15) is 67.2 Å². The van der Waals surface area contributed by atoms with Crippen LogP contribution in [-0.4, -0.2) is 69.4 Å². The normalized spacial score (nSPS) is 25.1. The first-order valence-corrected chi connectivity index (χ1v) is 10.5. The maximum Gasteiger partial charge on any atom is 0.331 e. The largest absolute Gasteiger partial charge is 0.458 e. The lowest BCUT2D eigenvalue weighted by atomic mass is 10.1. The van der Waals surface area contributed by atoms with Crippen LogP contribution < -0.4 is 0 Å². The third kappa shape index (κ3) is 3.49. The standard InChI is InChI=1S/C22H27N3O5/c1-22(2,3)30-21(29)17-11-7-13-23-12-6-10-16(20(28)25(17)23)24-18(26)14-8-4-5-9-15(14)19(24)27/h4-5,8-9,16-17H,6-7,10-13H2,1-3H3/t16?,17-/m0/s1. The average molecular weight is 413 g/mol. The monoisotopic (exact) mass is 413 g/mol. The quantitative estimate of drug-likeness (QED) is 0.544. The maximum atomic E-state index is 13.6. The summed E-state index contributed by atoms with van der Waals surface area (Å²) in [5.41, 5.74) is -0.0339. The topological polar surface area (TPSA) is 87.2 Å². The molecule has 2 saturated heterocycles. The first kappa shape index (κ1) is 20.5. The van der Waals surface area contributed by atoms with E-state index in [2.05, 4.69) is 0 Å². The van der Waals surface area contributed by atoms with Crippen LogP contribution in [0.5, 0.6) is 0 Å². The van der Waals surface area contributed by atoms with Crippen molar-refractivity contribution in [1.29, 1.82) is 0 Å². The summed E-state index contributed by atoms with van der Waals surface area (Å²) in [6.45, 7) is 6.61. The molecule has 0 saturated carbocycles. The van der Waals surface area contributed by atoms with Crippen molar-refractivity contribution >= 4 is 23.7 Å². The molecule has 3 aliphatic rings. The van der Waals surface area contributed by atoms with Gasteiger partial charge in [-0.05, 0) is 58.6 Å². The fourth-order valence-electron chi connectivity index (χ4n) is 4.47. The molecule has 0 bridgehead atoms. The number of benzene rings is 1. The van der Waals surface area contributed by atoms with Gasteiger partial charge >= 0.3 is 5.97 Å². The predicted octanol–water partition coefficient (Wildman–Crippen LogP) is 1.99. The summed E-state index contributed by atoms with van der Waals surface area (Å²) in [7, 11) is 0. The van der Waals surface area contributed by atoms with Gasteiger partial charge in [-0.3, -0.25) is 24.3 Å². The van der Waals surface area contributed by atoms with E-state index in [1.807, 2.05) is 5.01 Å². The Morgan fingerprint density at radius 2 is 1.53 bits per heavy atom. The van der Waals surface area contributed by atoms with Gasteiger partial charge < -0.3 is 4.74 Å². The van der Waals surface area contributed by atoms with Crippen LogP contribution in [-0.2, 0) is 14.3 Å². The first-order valence-electron chi connectivity index (χ1n) is 10.5. The number of hydrazine groups is 1. The fraction of sp³-hybridized carbons (Fsp3) is 0.545. The molecule has 1 aromatic rings. The van der Waals surface area contributed by atoms with Crippen molar-refractivity contribution in [2.75, 3.05) is 13.1 Å². The number of fused-ring (bicyclic) bond motifs is 2. The Morgan fingerprint density at radius 3 is 2.10 bits per heavy atom. The van der Waals surface area contributed by atoms with Crippen molar-refractivity contribution in [3.8, 4) is 0 Å². The highest BCUT2D eigenvalue weighted by atomic mass is 16.6. The summed E-state index contributed by atoms with van der Waals surface area (Å²) in [6.07, 6.45) is 2.27. The summed E-state index contributed by atoms with van der Waals surface area (Å²) in [5.74, 6) is -1.75. The van der Waals surface area contributed by atoms with Crippen LogP contribution in [0.2, 0.25) is 0 Å². The second-order valence-electron chi connectivity index (χ2n) is 9.01. The zero-order valence-corrected chi connectivity index (χ0v) is 17.6. The zero-order valence-electron chi connectivity index (χ0n) is 17.6. The van der Waals surface area contributed by atoms with E-state index in [1.54, 1.807) is 45.0 Å². The van der Waals surface area contributed by atoms with E-state index in [0.29, 0.717) is 43.5 Å². The minimum absolute atomic E-state index is 0.318. The van der Waals surface area contributed by atoms with Crippen LogP contribution in [0.4, 0.5) is 0 Å². The van der Waals surface area contributed by atoms with E-state index in [0.717, 1.165) is 11.3 Å². The number of esters is 1. The molecule has 1 aromatic carbocycles. The lowest BCUT2D eigenvalue weighted by Gasteiger charge is -2.43. The third-order valence-electron chi connectivity index (χ3n) is 5.71. The zero-order chi connectivity index (χ0) is 21.6. The Labute approximate surface area is 175 Å². The summed E-state index contributed by atoms with van der Waals surface area (Å²) >= 11 is 0. The summed E-state index contributed by atoms with van der Waals surface area (Å²) in [6, 6.07) is 4.94. The Hall–Kier alpha value is -2.74. The molecule has 8 heteroatoms. The lowest BCUT2D eigenvalue weighted by molar-refractivity contribution is -0.184. The molecule has 30 heavy (non-hydrogen) atoms. The average Bonchev–Trinajstić information content (AvgIpc) is 2.83. The van der Waals surface area contributed by atoms with Gasteiger partial charge in [0.2, 0.25) is 0 Å². The maximum absolute atomic E-state index is 13.6. The van der Waals surface area contributed by atoms with E-state index in [-0.39, 0.29) is 0 Å². The number of nitrogens with zero attached hydrogens (tertiary/aromatic N) is 3. The van der Waals surface area contributed by atoms with E-state index in [9.17, 15) is 19.2 Å². The number of rotatable bonds is 2. The lowest BCUT2D eigenvalue weighted by Crippen LogP contribution is -2.62. The molecule has 0 aromatic heterocycles. The number of carbonyl (C=O) groups is 4. The van der Waals surface area contributed by atoms with Crippen LogP contribution >= 0.6 is 0 Å². The highest BCUT2D eigenvalue weighted by Gasteiger charge is 2.49. The smallest absolute Gasteiger partial charge is 0.331 e. The molecule has 3 aliphatic heterocycles. The minimum Gasteiger partial charge on any atom is -0.458 e. The Balaban J connectivity index is 1.64. The van der Waals surface area contributed by atoms with Gasteiger partial charge in [-0.15, -0.1) is 0 Å². The van der Waals surface area contributed by atoms with E-state index in [4.69, 9.17) is 4.74 Å². The van der Waals surface area contributed by atoms with Gasteiger partial charge in [-0.1, -0.05) is 12.1 Å². The van der Waals surface area contributed by atoms with Gasteiger partial charge in [0.05, 0.1) is 11.1 Å². The van der Waals surface area contributed by atoms with Crippen LogP contribution in [0.25, 0.3) is 0 Å². The third-order valence-corrected chi connectivity index (χ3v) is 5.71. The molecule has 0 aliphatic carbocycles. The SMILES string of the molecule is CC(C)(C)OC(=O)[C@@H]1CCCN2CCCC(N3C(=O)c4ccccc4C3=O)C(=O)N12. The summed E-state index contributed by atoms with van der Waals surface area (Å²) in [5, 5.41) is 3.33. The van der Waals surface area contributed by atoms with Crippen LogP contribution in [0.15, 0.2) is 24.3 Å². The van der Waals surface area contributed by atoms with Crippen molar-refractivity contribution in [2.24, 2.45) is 0 Å². The fourth-order valence-corrected chi connectivity index (χ4v) is 4.47. The summed E-state index contributed by atoms with van der Waals surface area (Å²) in [4.78, 5) is 53.5. The van der Waals surface area contributed by atoms with Gasteiger partial charge in [-0.25, -0.2) is 9.80 Å². The van der Waals surface area contributed by atoms with Crippen molar-refractivity contribution in [3.05, 3.63) is 35.4 Å². The van der Waals surface area contributed by atoms with Gasteiger partial charge in [0.15, 0.2) is 0 Å². The van der Waals surface area contributed by atoms with E-state index >= 15 is 0 Å². The number of hydrogen-bond donors (Lipinski definition) is 0. The van der Waals surface area contributed by atoms with Crippen molar-refractivity contribution < 1.29 is 23.9 Å². The molecule has 8 nitrogen and oxygen atoms in total. The van der Waals surface area contributed by atoms with Crippen LogP contribution in [0, 0.1) is 0 Å². The van der Waals surface area contributed by atoms with E-state index < -0.39 is 41.4 Å². The molecular formula is C22H27N3O5. The number of amides is 3. The molecule has 2 atom stereocenters. The second kappa shape index (κ2) is 7.50. The van der Waals surface area contributed by atoms with Crippen molar-refractivity contribution in [2.45, 2.75) is 64.1 Å². The molecule has 3 heterocycles. The Morgan fingerprint density at radius 1 is 0.967 bits per heavy atom. The van der Waals surface area contributed by atoms with Crippen molar-refractivity contribution in [1.82, 2.24) is 14.9 Å². The second-order valence-corrected chi connectivity index (χ2v) is 9.01. The molecule has 0 N–H and O–H groups in total. The van der Waals surface area contributed by atoms with Gasteiger partial charge in [0.1, 0.15) is 17.7 Å². The molecule has 160 valence electrons. The van der Waals surface area contributed by atoms with Crippen LogP contribution in [0.3, 0.4) is 0 Å². The molecule has 3 amide bonds. The first-order chi connectivity index (χ1) is 14.2. The Kier molecular flexibility index (Phi) is 5.13. The molecular weight excluding hydrogens is 386 g/mol. The highest BCUT2D eigenvalue weighted by Crippen LogP contribution is 2.31. The molecule has 2 fully saturated rings. The molecule has 0 spiro atoms. The molecule has 0 radical (unpaired) electrons. The van der Waals surface area contributed by atoms with Gasteiger partial charge in [0, 0.05) is 13.1 Å². The minimum atomic E-state index is -0.926. The number of hydrogen-bond acceptors (Lipinski definition) is 6. The number of imide groups is 1. The van der Waals surface area contributed by atoms with Gasteiger partial charge in [-0.2, -0.15) is 0 Å². The highest BCUT2D eigenvalue weighted by molar-refractivity contribution is 6.22. The summed E-state index contributed by atoms with van der Waals surface area (Å²) < 4.78 is 5.56. The number of ether oxygens (including phenoxy) is 1. The van der Waals surface area contributed by atoms with Crippen molar-refractivity contribution in [3.63, 3.8) is 0 Å². The number of carbonyl (C=O) groups excluding carboxylic acids is 4. The molecule has 4 rings (SSSR count). The molecule has 1 unspecified atom stereocenters. The van der Waals surface area contributed by atoms with E-state index in [1.165, 1.54) is 5.01 Å². The Bertz CT molecular complexity index is 871.